The van der Waals surface area contributed by atoms with Crippen LogP contribution in [0.3, 0.4) is 0 Å². The van der Waals surface area contributed by atoms with Gasteiger partial charge in [0.2, 0.25) is 0 Å². The monoisotopic (exact) mass is 298 g/mol. The molecule has 0 radical (unpaired) electrons. The molecule has 1 aromatic rings. The topological polar surface area (TPSA) is 46.5 Å². The molecule has 0 saturated carbocycles. The van der Waals surface area contributed by atoms with Crippen LogP contribution in [0.25, 0.3) is 0 Å². The number of hydrogen-bond acceptors (Lipinski definition) is 2. The molecule has 1 aromatic carbocycles. The van der Waals surface area contributed by atoms with Crippen LogP contribution in [0.5, 0.6) is 0 Å². The first-order valence-electron chi connectivity index (χ1n) is 7.04. The number of carboxylic acid groups (broad SMARTS) is 1. The van der Waals surface area contributed by atoms with E-state index >= 15 is 0 Å². The van der Waals surface area contributed by atoms with Crippen LogP contribution in [0, 0.1) is 11.8 Å². The highest BCUT2D eigenvalue weighted by Gasteiger charge is 2.18. The van der Waals surface area contributed by atoms with Gasteiger partial charge in [-0.15, -0.1) is 0 Å². The van der Waals surface area contributed by atoms with Gasteiger partial charge < -0.3 is 9.84 Å². The molecule has 0 aliphatic heterocycles. The summed E-state index contributed by atoms with van der Waals surface area (Å²) in [5.74, 6) is -0.596. The molecule has 112 valence electrons. The first-order valence-corrected chi connectivity index (χ1v) is 7.42. The van der Waals surface area contributed by atoms with Gasteiger partial charge in [0.1, 0.15) is 0 Å². The second-order valence-electron chi connectivity index (χ2n) is 5.45. The zero-order chi connectivity index (χ0) is 15.0. The Morgan fingerprint density at radius 2 is 2.00 bits per heavy atom. The second-order valence-corrected chi connectivity index (χ2v) is 5.89. The lowest BCUT2D eigenvalue weighted by Crippen LogP contribution is -2.19. The standard InChI is InChI=1S/C16H23ClO3/c1-12(2)6-8-20-9-7-14(16(18)19)10-13-4-3-5-15(17)11-13/h3-5,11-12,14H,6-10H2,1-2H3,(H,18,19). The zero-order valence-corrected chi connectivity index (χ0v) is 12.9. The molecular formula is C16H23ClO3. The van der Waals surface area contributed by atoms with E-state index in [2.05, 4.69) is 13.8 Å². The lowest BCUT2D eigenvalue weighted by atomic mass is 9.97. The molecule has 0 bridgehead atoms. The molecule has 0 spiro atoms. The molecule has 1 N–H and O–H groups in total. The highest BCUT2D eigenvalue weighted by Crippen LogP contribution is 2.17. The Morgan fingerprint density at radius 3 is 2.60 bits per heavy atom. The first-order chi connectivity index (χ1) is 9.49. The first kappa shape index (κ1) is 17.0. The van der Waals surface area contributed by atoms with Crippen LogP contribution < -0.4 is 0 Å². The van der Waals surface area contributed by atoms with E-state index in [1.54, 1.807) is 6.07 Å². The highest BCUT2D eigenvalue weighted by molar-refractivity contribution is 6.30. The average Bonchev–Trinajstić information content (AvgIpc) is 2.36. The van der Waals surface area contributed by atoms with Gasteiger partial charge in [-0.05, 0) is 42.9 Å². The molecule has 20 heavy (non-hydrogen) atoms. The fraction of sp³-hybridized carbons (Fsp3) is 0.562. The fourth-order valence-corrected chi connectivity index (χ4v) is 2.12. The molecule has 0 amide bonds. The van der Waals surface area contributed by atoms with Crippen LogP contribution in [0.1, 0.15) is 32.3 Å². The number of halogens is 1. The van der Waals surface area contributed by atoms with Crippen molar-refractivity contribution in [1.29, 1.82) is 0 Å². The van der Waals surface area contributed by atoms with Crippen molar-refractivity contribution in [2.45, 2.75) is 33.1 Å². The predicted molar refractivity (Wildman–Crippen MR) is 81.2 cm³/mol. The van der Waals surface area contributed by atoms with Crippen LogP contribution in [-0.4, -0.2) is 24.3 Å². The van der Waals surface area contributed by atoms with E-state index in [0.717, 1.165) is 12.0 Å². The largest absolute Gasteiger partial charge is 0.481 e. The van der Waals surface area contributed by atoms with Crippen LogP contribution in [0.2, 0.25) is 5.02 Å². The van der Waals surface area contributed by atoms with Crippen LogP contribution in [-0.2, 0) is 16.0 Å². The number of carbonyl (C=O) groups is 1. The summed E-state index contributed by atoms with van der Waals surface area (Å²) in [6, 6.07) is 7.35. The van der Waals surface area contributed by atoms with Crippen molar-refractivity contribution in [3.05, 3.63) is 34.9 Å². The minimum atomic E-state index is -0.780. The minimum absolute atomic E-state index is 0.424. The molecule has 3 nitrogen and oxygen atoms in total. The van der Waals surface area contributed by atoms with E-state index in [1.165, 1.54) is 0 Å². The van der Waals surface area contributed by atoms with E-state index < -0.39 is 11.9 Å². The molecule has 1 rings (SSSR count). The van der Waals surface area contributed by atoms with Crippen molar-refractivity contribution in [3.8, 4) is 0 Å². The predicted octanol–water partition coefficient (Wildman–Crippen LogP) is 4.04. The van der Waals surface area contributed by atoms with Crippen molar-refractivity contribution in [1.82, 2.24) is 0 Å². The summed E-state index contributed by atoms with van der Waals surface area (Å²) in [5.41, 5.74) is 0.951. The molecule has 1 atom stereocenters. The Balaban J connectivity index is 2.39. The number of hydrogen-bond donors (Lipinski definition) is 1. The summed E-state index contributed by atoms with van der Waals surface area (Å²) in [4.78, 5) is 11.3. The molecule has 0 aliphatic carbocycles. The Kier molecular flexibility index (Phi) is 7.63. The van der Waals surface area contributed by atoms with E-state index in [0.29, 0.717) is 37.0 Å². The number of rotatable bonds is 9. The van der Waals surface area contributed by atoms with E-state index in [4.69, 9.17) is 16.3 Å². The fourth-order valence-electron chi connectivity index (χ4n) is 1.91. The van der Waals surface area contributed by atoms with Crippen molar-refractivity contribution in [3.63, 3.8) is 0 Å². The maximum Gasteiger partial charge on any atom is 0.306 e. The van der Waals surface area contributed by atoms with Crippen molar-refractivity contribution in [2.24, 2.45) is 11.8 Å². The Morgan fingerprint density at radius 1 is 1.30 bits per heavy atom. The van der Waals surface area contributed by atoms with Crippen molar-refractivity contribution >= 4 is 17.6 Å². The average molecular weight is 299 g/mol. The normalized spacial score (nSPS) is 12.6. The number of aliphatic carboxylic acids is 1. The molecule has 4 heteroatoms. The van der Waals surface area contributed by atoms with Gasteiger partial charge in [0.25, 0.3) is 0 Å². The maximum absolute atomic E-state index is 11.3. The summed E-state index contributed by atoms with van der Waals surface area (Å²) >= 11 is 5.91. The highest BCUT2D eigenvalue weighted by atomic mass is 35.5. The Hall–Kier alpha value is -1.06. The third-order valence-electron chi connectivity index (χ3n) is 3.17. The Bertz CT molecular complexity index is 418. The third-order valence-corrected chi connectivity index (χ3v) is 3.41. The van der Waals surface area contributed by atoms with Gasteiger partial charge >= 0.3 is 5.97 Å². The summed E-state index contributed by atoms with van der Waals surface area (Å²) < 4.78 is 5.50. The van der Waals surface area contributed by atoms with E-state index in [9.17, 15) is 9.90 Å². The molecule has 0 saturated heterocycles. The van der Waals surface area contributed by atoms with Gasteiger partial charge in [0.15, 0.2) is 0 Å². The van der Waals surface area contributed by atoms with Crippen LogP contribution >= 0.6 is 11.6 Å². The maximum atomic E-state index is 11.3. The van der Waals surface area contributed by atoms with Gasteiger partial charge in [-0.25, -0.2) is 0 Å². The number of carboxylic acids is 1. The summed E-state index contributed by atoms with van der Waals surface area (Å²) in [7, 11) is 0. The summed E-state index contributed by atoms with van der Waals surface area (Å²) in [6.07, 6.45) is 2.02. The number of ether oxygens (including phenoxy) is 1. The lowest BCUT2D eigenvalue weighted by Gasteiger charge is -2.13. The summed E-state index contributed by atoms with van der Waals surface area (Å²) in [6.45, 7) is 5.47. The lowest BCUT2D eigenvalue weighted by molar-refractivity contribution is -0.142. The second kappa shape index (κ2) is 8.98. The van der Waals surface area contributed by atoms with Gasteiger partial charge in [-0.1, -0.05) is 37.6 Å². The zero-order valence-electron chi connectivity index (χ0n) is 12.1. The SMILES string of the molecule is CC(C)CCOCCC(Cc1cccc(Cl)c1)C(=O)O. The molecule has 0 fully saturated rings. The molecule has 1 unspecified atom stereocenters. The van der Waals surface area contributed by atoms with Crippen LogP contribution in [0.15, 0.2) is 24.3 Å². The quantitative estimate of drug-likeness (QED) is 0.700. The van der Waals surface area contributed by atoms with Crippen molar-refractivity contribution in [2.75, 3.05) is 13.2 Å². The van der Waals surface area contributed by atoms with Crippen molar-refractivity contribution < 1.29 is 14.6 Å². The molecule has 0 aliphatic rings. The molecule has 0 heterocycles. The Labute approximate surface area is 125 Å². The van der Waals surface area contributed by atoms with E-state index in [-0.39, 0.29) is 0 Å². The van der Waals surface area contributed by atoms with Gasteiger partial charge in [0, 0.05) is 18.2 Å². The van der Waals surface area contributed by atoms with E-state index in [1.807, 2.05) is 18.2 Å². The minimum Gasteiger partial charge on any atom is -0.481 e. The molecule has 0 aromatic heterocycles. The van der Waals surface area contributed by atoms with Gasteiger partial charge in [-0.2, -0.15) is 0 Å². The van der Waals surface area contributed by atoms with Gasteiger partial charge in [0.05, 0.1) is 5.92 Å². The number of benzene rings is 1. The van der Waals surface area contributed by atoms with Gasteiger partial charge in [-0.3, -0.25) is 4.79 Å². The van der Waals surface area contributed by atoms with Crippen LogP contribution in [0.4, 0.5) is 0 Å². The smallest absolute Gasteiger partial charge is 0.306 e. The summed E-state index contributed by atoms with van der Waals surface area (Å²) in [5, 5.41) is 9.90. The molecular weight excluding hydrogens is 276 g/mol. The third kappa shape index (κ3) is 6.92.